The molecule has 2 aromatic carbocycles. The van der Waals surface area contributed by atoms with Gasteiger partial charge in [0.25, 0.3) is 0 Å². The highest BCUT2D eigenvalue weighted by molar-refractivity contribution is 6.01. The highest BCUT2D eigenvalue weighted by Crippen LogP contribution is 2.36. The van der Waals surface area contributed by atoms with Crippen molar-refractivity contribution in [2.24, 2.45) is 7.05 Å². The van der Waals surface area contributed by atoms with Crippen LogP contribution < -0.4 is 4.90 Å². The summed E-state index contributed by atoms with van der Waals surface area (Å²) < 4.78 is 1.99. The molecule has 0 radical (unpaired) electrons. The number of rotatable bonds is 5. The van der Waals surface area contributed by atoms with E-state index >= 15 is 0 Å². The Morgan fingerprint density at radius 3 is 2.42 bits per heavy atom. The van der Waals surface area contributed by atoms with Gasteiger partial charge in [0, 0.05) is 42.3 Å². The predicted octanol–water partition coefficient (Wildman–Crippen LogP) is 5.32. The van der Waals surface area contributed by atoms with Gasteiger partial charge in [-0.05, 0) is 24.0 Å². The smallest absolute Gasteiger partial charge is 0.233 e. The fraction of sp³-hybridized carbons (Fsp3) is 0.259. The van der Waals surface area contributed by atoms with Crippen LogP contribution in [-0.2, 0) is 18.3 Å². The lowest BCUT2D eigenvalue weighted by atomic mass is 9.97. The molecule has 0 saturated carbocycles. The first-order valence-electron chi connectivity index (χ1n) is 11.3. The second-order valence-corrected chi connectivity index (χ2v) is 8.88. The number of carbonyl (C=O) groups is 1. The number of benzene rings is 2. The number of carbonyl (C=O) groups excluding carboxylic acids is 1. The van der Waals surface area contributed by atoms with Crippen LogP contribution in [-0.4, -0.2) is 25.4 Å². The molecule has 0 N–H and O–H groups in total. The van der Waals surface area contributed by atoms with E-state index in [2.05, 4.69) is 60.2 Å². The molecule has 5 rings (SSSR count). The van der Waals surface area contributed by atoms with Crippen molar-refractivity contribution in [3.8, 4) is 22.8 Å². The fourth-order valence-electron chi connectivity index (χ4n) is 4.53. The van der Waals surface area contributed by atoms with Gasteiger partial charge < -0.3 is 4.57 Å². The molecule has 0 aliphatic carbocycles. The van der Waals surface area contributed by atoms with E-state index in [1.807, 2.05) is 48.0 Å². The third kappa shape index (κ3) is 3.71. The van der Waals surface area contributed by atoms with Crippen LogP contribution in [0.4, 0.5) is 5.82 Å². The number of imidazole rings is 1. The zero-order valence-corrected chi connectivity index (χ0v) is 19.4. The number of nitrogens with zero attached hydrogens (tertiary/aromatic N) is 5. The number of anilines is 1. The van der Waals surface area contributed by atoms with Crippen molar-refractivity contribution in [1.82, 2.24) is 19.5 Å². The van der Waals surface area contributed by atoms with Crippen LogP contribution >= 0.6 is 0 Å². The molecule has 4 aromatic rings. The van der Waals surface area contributed by atoms with Crippen LogP contribution in [0.5, 0.6) is 0 Å². The van der Waals surface area contributed by atoms with E-state index < -0.39 is 0 Å². The Balaban J connectivity index is 1.49. The topological polar surface area (TPSA) is 63.9 Å². The summed E-state index contributed by atoms with van der Waals surface area (Å²) in [5.41, 5.74) is 5.19. The zero-order chi connectivity index (χ0) is 23.1. The Bertz CT molecular complexity index is 1320. The molecule has 0 saturated heterocycles. The Morgan fingerprint density at radius 2 is 1.73 bits per heavy atom. The normalized spacial score (nSPS) is 14.1. The minimum Gasteiger partial charge on any atom is -0.334 e. The van der Waals surface area contributed by atoms with Gasteiger partial charge in [0.05, 0.1) is 12.5 Å². The summed E-state index contributed by atoms with van der Waals surface area (Å²) in [6.45, 7) is 6.38. The van der Waals surface area contributed by atoms with E-state index in [1.165, 1.54) is 5.56 Å². The van der Waals surface area contributed by atoms with Gasteiger partial charge in [-0.25, -0.2) is 15.0 Å². The Kier molecular flexibility index (Phi) is 5.29. The minimum absolute atomic E-state index is 0.0503. The molecular formula is C27H27N5O. The van der Waals surface area contributed by atoms with Crippen molar-refractivity contribution in [1.29, 1.82) is 0 Å². The van der Waals surface area contributed by atoms with Gasteiger partial charge in [0.2, 0.25) is 5.91 Å². The average Bonchev–Trinajstić information content (AvgIpc) is 3.40. The quantitative estimate of drug-likeness (QED) is 0.424. The molecule has 0 bridgehead atoms. The molecule has 0 fully saturated rings. The highest BCUT2D eigenvalue weighted by atomic mass is 16.2. The van der Waals surface area contributed by atoms with Crippen molar-refractivity contribution < 1.29 is 4.79 Å². The molecule has 166 valence electrons. The van der Waals surface area contributed by atoms with Crippen LogP contribution in [0.2, 0.25) is 0 Å². The van der Waals surface area contributed by atoms with E-state index in [1.54, 1.807) is 6.20 Å². The number of aromatic nitrogens is 4. The standard InChI is InChI=1S/C27H27N5O/c1-17(2)22-7-5-6-8-23(22)25-29-16-21-15-24(33)32(27(21)30-25)18(3)19-9-11-20(12-10-19)26-28-13-14-31(26)4/h5-14,16-18H,15H2,1-4H3/t18-/m0/s1. The molecule has 0 spiro atoms. The maximum atomic E-state index is 13.0. The van der Waals surface area contributed by atoms with Gasteiger partial charge in [-0.15, -0.1) is 0 Å². The van der Waals surface area contributed by atoms with E-state index in [9.17, 15) is 4.79 Å². The van der Waals surface area contributed by atoms with Gasteiger partial charge in [0.15, 0.2) is 5.82 Å². The number of hydrogen-bond donors (Lipinski definition) is 0. The summed E-state index contributed by atoms with van der Waals surface area (Å²) in [6.07, 6.45) is 5.86. The van der Waals surface area contributed by atoms with Crippen LogP contribution in [0.25, 0.3) is 22.8 Å². The number of aryl methyl sites for hydroxylation is 1. The molecule has 33 heavy (non-hydrogen) atoms. The van der Waals surface area contributed by atoms with E-state index in [0.29, 0.717) is 24.0 Å². The second kappa shape index (κ2) is 8.28. The maximum absolute atomic E-state index is 13.0. The van der Waals surface area contributed by atoms with Crippen LogP contribution in [0.1, 0.15) is 49.4 Å². The summed E-state index contributed by atoms with van der Waals surface area (Å²) in [5.74, 6) is 2.69. The lowest BCUT2D eigenvalue weighted by molar-refractivity contribution is -0.117. The molecule has 6 heteroatoms. The minimum atomic E-state index is -0.141. The molecule has 1 amide bonds. The third-order valence-electron chi connectivity index (χ3n) is 6.36. The Morgan fingerprint density at radius 1 is 0.970 bits per heavy atom. The van der Waals surface area contributed by atoms with Crippen LogP contribution in [0.15, 0.2) is 67.1 Å². The van der Waals surface area contributed by atoms with E-state index in [0.717, 1.165) is 28.1 Å². The number of fused-ring (bicyclic) bond motifs is 1. The first-order valence-corrected chi connectivity index (χ1v) is 11.3. The number of amides is 1. The van der Waals surface area contributed by atoms with Crippen molar-refractivity contribution in [2.45, 2.75) is 39.2 Å². The third-order valence-corrected chi connectivity index (χ3v) is 6.36. The molecule has 1 aliphatic rings. The molecule has 0 unspecified atom stereocenters. The zero-order valence-electron chi connectivity index (χ0n) is 19.4. The van der Waals surface area contributed by atoms with Crippen molar-refractivity contribution in [3.63, 3.8) is 0 Å². The van der Waals surface area contributed by atoms with Crippen molar-refractivity contribution >= 4 is 11.7 Å². The molecule has 3 heterocycles. The summed E-state index contributed by atoms with van der Waals surface area (Å²) in [6, 6.07) is 16.3. The SMILES string of the molecule is CC(C)c1ccccc1-c1ncc2c(n1)N([C@@H](C)c1ccc(-c3nccn3C)cc1)C(=O)C2. The summed E-state index contributed by atoms with van der Waals surface area (Å²) >= 11 is 0. The predicted molar refractivity (Wildman–Crippen MR) is 130 cm³/mol. The van der Waals surface area contributed by atoms with E-state index in [4.69, 9.17) is 4.98 Å². The van der Waals surface area contributed by atoms with Crippen molar-refractivity contribution in [3.05, 3.63) is 83.8 Å². The monoisotopic (exact) mass is 437 g/mol. The lowest BCUT2D eigenvalue weighted by Crippen LogP contribution is -2.30. The first kappa shape index (κ1) is 21.1. The Hall–Kier alpha value is -3.80. The largest absolute Gasteiger partial charge is 0.334 e. The van der Waals surface area contributed by atoms with Gasteiger partial charge in [-0.3, -0.25) is 9.69 Å². The Labute approximate surface area is 194 Å². The summed E-state index contributed by atoms with van der Waals surface area (Å²) in [4.78, 5) is 28.8. The van der Waals surface area contributed by atoms with Gasteiger partial charge in [-0.2, -0.15) is 0 Å². The van der Waals surface area contributed by atoms with Gasteiger partial charge >= 0.3 is 0 Å². The van der Waals surface area contributed by atoms with Crippen molar-refractivity contribution in [2.75, 3.05) is 4.90 Å². The lowest BCUT2D eigenvalue weighted by Gasteiger charge is -2.25. The fourth-order valence-corrected chi connectivity index (χ4v) is 4.53. The average molecular weight is 438 g/mol. The molecule has 6 nitrogen and oxygen atoms in total. The molecule has 2 aromatic heterocycles. The summed E-state index contributed by atoms with van der Waals surface area (Å²) in [5, 5.41) is 0. The van der Waals surface area contributed by atoms with Crippen LogP contribution in [0, 0.1) is 0 Å². The second-order valence-electron chi connectivity index (χ2n) is 8.88. The van der Waals surface area contributed by atoms with Crippen LogP contribution in [0.3, 0.4) is 0 Å². The number of hydrogen-bond acceptors (Lipinski definition) is 4. The molecule has 1 atom stereocenters. The summed E-state index contributed by atoms with van der Waals surface area (Å²) in [7, 11) is 1.98. The highest BCUT2D eigenvalue weighted by Gasteiger charge is 2.34. The first-order chi connectivity index (χ1) is 15.9. The maximum Gasteiger partial charge on any atom is 0.233 e. The van der Waals surface area contributed by atoms with E-state index in [-0.39, 0.29) is 11.9 Å². The van der Waals surface area contributed by atoms with Gasteiger partial charge in [-0.1, -0.05) is 62.4 Å². The van der Waals surface area contributed by atoms with Gasteiger partial charge in [0.1, 0.15) is 11.6 Å². The molecular weight excluding hydrogens is 410 g/mol. The molecule has 1 aliphatic heterocycles.